The topological polar surface area (TPSA) is 75.6 Å². The Hall–Kier alpha value is -1.40. The number of benzene rings is 1. The molecule has 1 fully saturated rings. The van der Waals surface area contributed by atoms with Gasteiger partial charge in [0.15, 0.2) is 0 Å². The fourth-order valence-corrected chi connectivity index (χ4v) is 2.95. The molecule has 0 spiro atoms. The highest BCUT2D eigenvalue weighted by Gasteiger charge is 2.20. The maximum atomic E-state index is 12.1. The summed E-state index contributed by atoms with van der Waals surface area (Å²) in [6, 6.07) is 4.47. The van der Waals surface area contributed by atoms with Crippen molar-refractivity contribution in [1.29, 1.82) is 0 Å². The lowest BCUT2D eigenvalue weighted by Crippen LogP contribution is -2.34. The third-order valence-electron chi connectivity index (χ3n) is 3.55. The Balaban J connectivity index is 1.98. The van der Waals surface area contributed by atoms with Crippen molar-refractivity contribution in [3.05, 3.63) is 33.8 Å². The zero-order chi connectivity index (χ0) is 15.4. The summed E-state index contributed by atoms with van der Waals surface area (Å²) in [5.74, 6) is -0.898. The van der Waals surface area contributed by atoms with E-state index >= 15 is 0 Å². The summed E-state index contributed by atoms with van der Waals surface area (Å²) in [5, 5.41) is 11.9. The molecule has 2 rings (SSSR count). The number of carboxylic acids is 1. The molecule has 1 heterocycles. The number of ether oxygens (including phenoxy) is 1. The van der Waals surface area contributed by atoms with E-state index in [4.69, 9.17) is 9.84 Å². The Morgan fingerprint density at radius 3 is 2.76 bits per heavy atom. The summed E-state index contributed by atoms with van der Waals surface area (Å²) in [6.45, 7) is 3.34. The van der Waals surface area contributed by atoms with Crippen LogP contribution in [0.15, 0.2) is 22.7 Å². The predicted molar refractivity (Wildman–Crippen MR) is 81.6 cm³/mol. The second-order valence-electron chi connectivity index (χ2n) is 5.32. The summed E-state index contributed by atoms with van der Waals surface area (Å²) < 4.78 is 6.05. The van der Waals surface area contributed by atoms with Gasteiger partial charge in [0.05, 0.1) is 11.7 Å². The lowest BCUT2D eigenvalue weighted by atomic mass is 9.96. The number of carbonyl (C=O) groups excluding carboxylic acids is 1. The molecule has 2 atom stereocenters. The first-order chi connectivity index (χ1) is 9.95. The third-order valence-corrected chi connectivity index (χ3v) is 4.01. The average Bonchev–Trinajstić information content (AvgIpc) is 2.44. The molecule has 1 saturated heterocycles. The van der Waals surface area contributed by atoms with E-state index < -0.39 is 5.97 Å². The number of halogens is 1. The Morgan fingerprint density at radius 1 is 1.38 bits per heavy atom. The molecule has 0 saturated carbocycles. The van der Waals surface area contributed by atoms with Gasteiger partial charge in [0.2, 0.25) is 0 Å². The van der Waals surface area contributed by atoms with Crippen LogP contribution >= 0.6 is 15.9 Å². The van der Waals surface area contributed by atoms with Crippen LogP contribution in [0.25, 0.3) is 0 Å². The summed E-state index contributed by atoms with van der Waals surface area (Å²) >= 11 is 3.23. The SMILES string of the molecule is CC1CC(CNC(=O)c2cc(Br)cc(C(=O)O)c2)CCO1. The molecule has 5 nitrogen and oxygen atoms in total. The van der Waals surface area contributed by atoms with E-state index in [1.54, 1.807) is 6.07 Å². The van der Waals surface area contributed by atoms with Crippen LogP contribution in [0.4, 0.5) is 0 Å². The van der Waals surface area contributed by atoms with Crippen molar-refractivity contribution in [2.24, 2.45) is 5.92 Å². The summed E-state index contributed by atoms with van der Waals surface area (Å²) in [5.41, 5.74) is 0.441. The van der Waals surface area contributed by atoms with Gasteiger partial charge in [0.25, 0.3) is 5.91 Å². The summed E-state index contributed by atoms with van der Waals surface area (Å²) in [7, 11) is 0. The maximum Gasteiger partial charge on any atom is 0.335 e. The van der Waals surface area contributed by atoms with Crippen LogP contribution in [-0.2, 0) is 4.74 Å². The molecule has 114 valence electrons. The monoisotopic (exact) mass is 355 g/mol. The second kappa shape index (κ2) is 7.04. The molecule has 1 aromatic rings. The minimum absolute atomic E-state index is 0.0919. The smallest absolute Gasteiger partial charge is 0.335 e. The van der Waals surface area contributed by atoms with Gasteiger partial charge in [-0.2, -0.15) is 0 Å². The van der Waals surface area contributed by atoms with Crippen molar-refractivity contribution >= 4 is 27.8 Å². The molecular weight excluding hydrogens is 338 g/mol. The molecule has 0 bridgehead atoms. The molecule has 2 N–H and O–H groups in total. The van der Waals surface area contributed by atoms with E-state index in [1.807, 2.05) is 6.92 Å². The molecule has 6 heteroatoms. The Morgan fingerprint density at radius 2 is 2.10 bits per heavy atom. The predicted octanol–water partition coefficient (Wildman–Crippen LogP) is 2.69. The molecule has 1 aliphatic rings. The number of amides is 1. The van der Waals surface area contributed by atoms with Gasteiger partial charge < -0.3 is 15.2 Å². The molecule has 0 aliphatic carbocycles. The molecule has 0 radical (unpaired) electrons. The van der Waals surface area contributed by atoms with Crippen LogP contribution in [0.2, 0.25) is 0 Å². The first-order valence-corrected chi connectivity index (χ1v) is 7.68. The van der Waals surface area contributed by atoms with Crippen molar-refractivity contribution in [3.8, 4) is 0 Å². The van der Waals surface area contributed by atoms with Crippen molar-refractivity contribution < 1.29 is 19.4 Å². The van der Waals surface area contributed by atoms with E-state index in [-0.39, 0.29) is 17.6 Å². The Kier molecular flexibility index (Phi) is 5.36. The van der Waals surface area contributed by atoms with Gasteiger partial charge in [-0.05, 0) is 43.9 Å². The van der Waals surface area contributed by atoms with Crippen molar-refractivity contribution in [2.45, 2.75) is 25.9 Å². The van der Waals surface area contributed by atoms with Crippen molar-refractivity contribution in [1.82, 2.24) is 5.32 Å². The van der Waals surface area contributed by atoms with Gasteiger partial charge in [0, 0.05) is 23.2 Å². The van der Waals surface area contributed by atoms with Gasteiger partial charge in [-0.15, -0.1) is 0 Å². The van der Waals surface area contributed by atoms with Crippen LogP contribution in [0, 0.1) is 5.92 Å². The highest BCUT2D eigenvalue weighted by Crippen LogP contribution is 2.20. The van der Waals surface area contributed by atoms with Gasteiger partial charge in [-0.25, -0.2) is 4.79 Å². The first-order valence-electron chi connectivity index (χ1n) is 6.89. The van der Waals surface area contributed by atoms with Crippen molar-refractivity contribution in [3.63, 3.8) is 0 Å². The summed E-state index contributed by atoms with van der Waals surface area (Å²) in [6.07, 6.45) is 2.09. The van der Waals surface area contributed by atoms with Gasteiger partial charge >= 0.3 is 5.97 Å². The number of rotatable bonds is 4. The number of hydrogen-bond donors (Lipinski definition) is 2. The fourth-order valence-electron chi connectivity index (χ4n) is 2.46. The molecule has 0 aromatic heterocycles. The molecular formula is C15H18BrNO4. The van der Waals surface area contributed by atoms with Crippen LogP contribution in [0.1, 0.15) is 40.5 Å². The van der Waals surface area contributed by atoms with E-state index in [2.05, 4.69) is 21.2 Å². The van der Waals surface area contributed by atoms with Gasteiger partial charge in [0.1, 0.15) is 0 Å². The number of carboxylic acid groups (broad SMARTS) is 1. The minimum Gasteiger partial charge on any atom is -0.478 e. The fraction of sp³-hybridized carbons (Fsp3) is 0.467. The van der Waals surface area contributed by atoms with E-state index in [0.717, 1.165) is 19.4 Å². The zero-order valence-corrected chi connectivity index (χ0v) is 13.4. The Bertz CT molecular complexity index is 546. The number of hydrogen-bond acceptors (Lipinski definition) is 3. The van der Waals surface area contributed by atoms with Gasteiger partial charge in [-0.3, -0.25) is 4.79 Å². The molecule has 1 aliphatic heterocycles. The number of carbonyl (C=O) groups is 2. The molecule has 1 aromatic carbocycles. The highest BCUT2D eigenvalue weighted by molar-refractivity contribution is 9.10. The van der Waals surface area contributed by atoms with Crippen LogP contribution in [0.5, 0.6) is 0 Å². The molecule has 21 heavy (non-hydrogen) atoms. The Labute approximate surface area is 131 Å². The van der Waals surface area contributed by atoms with Crippen LogP contribution < -0.4 is 5.32 Å². The minimum atomic E-state index is -1.05. The summed E-state index contributed by atoms with van der Waals surface area (Å²) in [4.78, 5) is 23.1. The second-order valence-corrected chi connectivity index (χ2v) is 6.23. The molecule has 2 unspecified atom stereocenters. The first kappa shape index (κ1) is 16.0. The standard InChI is InChI=1S/C15H18BrNO4/c1-9-4-10(2-3-21-9)8-17-14(18)11-5-12(15(19)20)7-13(16)6-11/h5-7,9-10H,2-4,8H2,1H3,(H,17,18)(H,19,20). The third kappa shape index (κ3) is 4.54. The largest absolute Gasteiger partial charge is 0.478 e. The average molecular weight is 356 g/mol. The number of nitrogens with one attached hydrogen (secondary N) is 1. The normalized spacial score (nSPS) is 21.8. The van der Waals surface area contributed by atoms with Crippen molar-refractivity contribution in [2.75, 3.05) is 13.2 Å². The zero-order valence-electron chi connectivity index (χ0n) is 11.8. The van der Waals surface area contributed by atoms with Gasteiger partial charge in [-0.1, -0.05) is 15.9 Å². The van der Waals surface area contributed by atoms with E-state index in [0.29, 0.717) is 22.5 Å². The highest BCUT2D eigenvalue weighted by atomic mass is 79.9. The maximum absolute atomic E-state index is 12.1. The number of aromatic carboxylic acids is 1. The lowest BCUT2D eigenvalue weighted by Gasteiger charge is -2.27. The van der Waals surface area contributed by atoms with Crippen LogP contribution in [-0.4, -0.2) is 36.2 Å². The molecule has 1 amide bonds. The quantitative estimate of drug-likeness (QED) is 0.870. The van der Waals surface area contributed by atoms with E-state index in [1.165, 1.54) is 12.1 Å². The van der Waals surface area contributed by atoms with Crippen LogP contribution in [0.3, 0.4) is 0 Å². The van der Waals surface area contributed by atoms with E-state index in [9.17, 15) is 9.59 Å². The lowest BCUT2D eigenvalue weighted by molar-refractivity contribution is 0.00302.